The van der Waals surface area contributed by atoms with Crippen LogP contribution in [0, 0.1) is 0 Å². The Hall–Kier alpha value is -2.35. The minimum Gasteiger partial charge on any atom is -0.494 e. The summed E-state index contributed by atoms with van der Waals surface area (Å²) in [5.74, 6) is 1.30. The summed E-state index contributed by atoms with van der Waals surface area (Å²) >= 11 is 1.52. The van der Waals surface area contributed by atoms with Crippen LogP contribution in [0.5, 0.6) is 11.5 Å². The molecule has 0 spiro atoms. The summed E-state index contributed by atoms with van der Waals surface area (Å²) in [4.78, 5) is 21.3. The molecule has 0 aliphatic carbocycles. The zero-order valence-corrected chi connectivity index (χ0v) is 18.5. The number of carbonyl (C=O) groups is 1. The van der Waals surface area contributed by atoms with Crippen molar-refractivity contribution in [3.8, 4) is 11.5 Å². The van der Waals surface area contributed by atoms with Crippen molar-refractivity contribution in [2.75, 3.05) is 45.3 Å². The number of amides is 1. The fraction of sp³-hybridized carbons (Fsp3) is 0.333. The van der Waals surface area contributed by atoms with Crippen molar-refractivity contribution in [1.29, 1.82) is 0 Å². The van der Waals surface area contributed by atoms with Gasteiger partial charge in [-0.15, -0.1) is 12.4 Å². The zero-order valence-electron chi connectivity index (χ0n) is 16.8. The van der Waals surface area contributed by atoms with E-state index in [0.717, 1.165) is 22.5 Å². The van der Waals surface area contributed by atoms with Crippen LogP contribution in [0.15, 0.2) is 48.5 Å². The number of nitrogens with zero attached hydrogens (tertiary/aromatic N) is 3. The van der Waals surface area contributed by atoms with E-state index < -0.39 is 0 Å². The van der Waals surface area contributed by atoms with Crippen molar-refractivity contribution in [1.82, 2.24) is 9.88 Å². The molecule has 0 unspecified atom stereocenters. The number of likely N-dealkylation sites (N-methyl/N-ethyl adjacent to an activating group) is 1. The molecule has 3 rings (SSSR count). The van der Waals surface area contributed by atoms with Crippen LogP contribution < -0.4 is 14.4 Å². The number of ether oxygens (including phenoxy) is 2. The Balaban J connectivity index is 0.00000300. The number of carbonyl (C=O) groups excluding carboxylic acids is 1. The van der Waals surface area contributed by atoms with Gasteiger partial charge < -0.3 is 14.4 Å². The van der Waals surface area contributed by atoms with Gasteiger partial charge in [-0.25, -0.2) is 4.98 Å². The smallest absolute Gasteiger partial charge is 0.266 e. The molecule has 3 aromatic rings. The third-order valence-corrected chi connectivity index (χ3v) is 5.14. The summed E-state index contributed by atoms with van der Waals surface area (Å²) in [5.41, 5.74) is 0.901. The second-order valence-electron chi connectivity index (χ2n) is 6.51. The number of hydrogen-bond acceptors (Lipinski definition) is 6. The van der Waals surface area contributed by atoms with Gasteiger partial charge in [0.25, 0.3) is 5.91 Å². The quantitative estimate of drug-likeness (QED) is 0.506. The van der Waals surface area contributed by atoms with E-state index in [1.165, 1.54) is 11.3 Å². The highest BCUT2D eigenvalue weighted by Crippen LogP contribution is 2.28. The minimum absolute atomic E-state index is 0. The van der Waals surface area contributed by atoms with Gasteiger partial charge in [0.2, 0.25) is 0 Å². The van der Waals surface area contributed by atoms with Gasteiger partial charge >= 0.3 is 0 Å². The van der Waals surface area contributed by atoms with E-state index in [1.807, 2.05) is 62.3 Å². The highest BCUT2D eigenvalue weighted by molar-refractivity contribution is 7.22. The van der Waals surface area contributed by atoms with Gasteiger partial charge in [0, 0.05) is 13.1 Å². The molecule has 1 heterocycles. The molecule has 0 saturated carbocycles. The Bertz CT molecular complexity index is 882. The number of anilines is 1. The molecule has 156 valence electrons. The molecule has 0 aliphatic rings. The van der Waals surface area contributed by atoms with Crippen LogP contribution in [0.2, 0.25) is 0 Å². The molecule has 0 saturated heterocycles. The maximum atomic E-state index is 12.9. The van der Waals surface area contributed by atoms with Crippen molar-refractivity contribution < 1.29 is 14.3 Å². The first kappa shape index (κ1) is 22.9. The first-order valence-corrected chi connectivity index (χ1v) is 10.0. The average molecular weight is 436 g/mol. The van der Waals surface area contributed by atoms with E-state index in [0.29, 0.717) is 24.0 Å². The van der Waals surface area contributed by atoms with Crippen molar-refractivity contribution in [2.45, 2.75) is 6.92 Å². The van der Waals surface area contributed by atoms with Crippen molar-refractivity contribution in [3.05, 3.63) is 48.5 Å². The van der Waals surface area contributed by atoms with Gasteiger partial charge in [0.1, 0.15) is 11.5 Å². The van der Waals surface area contributed by atoms with Gasteiger partial charge in [-0.2, -0.15) is 0 Å². The van der Waals surface area contributed by atoms with Crippen LogP contribution in [-0.4, -0.2) is 56.2 Å². The molecule has 0 fully saturated rings. The molecule has 0 atom stereocenters. The zero-order chi connectivity index (χ0) is 19.9. The van der Waals surface area contributed by atoms with Gasteiger partial charge in [-0.05, 0) is 57.4 Å². The number of rotatable bonds is 9. The monoisotopic (exact) mass is 435 g/mol. The largest absolute Gasteiger partial charge is 0.494 e. The van der Waals surface area contributed by atoms with Crippen LogP contribution in [0.25, 0.3) is 10.2 Å². The maximum absolute atomic E-state index is 12.9. The number of thiazole rings is 1. The fourth-order valence-electron chi connectivity index (χ4n) is 2.62. The molecule has 0 bridgehead atoms. The lowest BCUT2D eigenvalue weighted by Gasteiger charge is -2.22. The molecule has 2 aromatic carbocycles. The molecule has 0 aliphatic heterocycles. The van der Waals surface area contributed by atoms with Crippen molar-refractivity contribution in [3.63, 3.8) is 0 Å². The van der Waals surface area contributed by atoms with E-state index in [1.54, 1.807) is 17.0 Å². The highest BCUT2D eigenvalue weighted by Gasteiger charge is 2.20. The molecule has 0 radical (unpaired) electrons. The topological polar surface area (TPSA) is 54.9 Å². The van der Waals surface area contributed by atoms with Crippen LogP contribution in [0.3, 0.4) is 0 Å². The predicted molar refractivity (Wildman–Crippen MR) is 121 cm³/mol. The number of para-hydroxylation sites is 1. The average Bonchev–Trinajstić information content (AvgIpc) is 3.11. The molecule has 8 heteroatoms. The molecule has 29 heavy (non-hydrogen) atoms. The van der Waals surface area contributed by atoms with Crippen LogP contribution in [0.4, 0.5) is 5.13 Å². The number of halogens is 1. The lowest BCUT2D eigenvalue weighted by atomic mass is 10.3. The summed E-state index contributed by atoms with van der Waals surface area (Å²) in [6, 6.07) is 15.2. The van der Waals surface area contributed by atoms with E-state index >= 15 is 0 Å². The summed E-state index contributed by atoms with van der Waals surface area (Å²) in [6.07, 6.45) is 0. The minimum atomic E-state index is -0.116. The number of fused-ring (bicyclic) bond motifs is 1. The normalized spacial score (nSPS) is 10.6. The molecule has 6 nitrogen and oxygen atoms in total. The molecular formula is C21H26ClN3O3S. The highest BCUT2D eigenvalue weighted by atomic mass is 35.5. The molecule has 1 aromatic heterocycles. The SMILES string of the molecule is CCOc1ccc(OCC(=O)N(CCN(C)C)c2nc3ccccc3s2)cc1.Cl. The van der Waals surface area contributed by atoms with E-state index in [9.17, 15) is 4.79 Å². The Labute approximate surface area is 181 Å². The van der Waals surface area contributed by atoms with Crippen LogP contribution in [-0.2, 0) is 4.79 Å². The number of aromatic nitrogens is 1. The maximum Gasteiger partial charge on any atom is 0.266 e. The van der Waals surface area contributed by atoms with Crippen LogP contribution in [0.1, 0.15) is 6.92 Å². The van der Waals surface area contributed by atoms with E-state index in [2.05, 4.69) is 4.98 Å². The lowest BCUT2D eigenvalue weighted by Crippen LogP contribution is -2.39. The summed E-state index contributed by atoms with van der Waals surface area (Å²) < 4.78 is 12.2. The third kappa shape index (κ3) is 6.32. The number of hydrogen-bond donors (Lipinski definition) is 0. The fourth-order valence-corrected chi connectivity index (χ4v) is 3.63. The lowest BCUT2D eigenvalue weighted by molar-refractivity contribution is -0.120. The Morgan fingerprint density at radius 2 is 1.66 bits per heavy atom. The van der Waals surface area contributed by atoms with Crippen LogP contribution >= 0.6 is 23.7 Å². The van der Waals surface area contributed by atoms with Gasteiger partial charge in [-0.3, -0.25) is 9.69 Å². The van der Waals surface area contributed by atoms with Gasteiger partial charge in [-0.1, -0.05) is 23.5 Å². The van der Waals surface area contributed by atoms with Crippen molar-refractivity contribution in [2.24, 2.45) is 0 Å². The van der Waals surface area contributed by atoms with Gasteiger partial charge in [0.15, 0.2) is 11.7 Å². The van der Waals surface area contributed by atoms with E-state index in [4.69, 9.17) is 9.47 Å². The Morgan fingerprint density at radius 1 is 1.00 bits per heavy atom. The second-order valence-corrected chi connectivity index (χ2v) is 7.52. The molecule has 0 N–H and O–H groups in total. The van der Waals surface area contributed by atoms with Crippen molar-refractivity contribution >= 4 is 45.0 Å². The predicted octanol–water partition coefficient (Wildman–Crippen LogP) is 4.09. The second kappa shape index (κ2) is 11.0. The van der Waals surface area contributed by atoms with E-state index in [-0.39, 0.29) is 24.9 Å². The third-order valence-electron chi connectivity index (χ3n) is 4.08. The summed E-state index contributed by atoms with van der Waals surface area (Å²) in [5, 5.41) is 0.698. The standard InChI is InChI=1S/C21H25N3O3S.ClH/c1-4-26-16-9-11-17(12-10-16)27-15-20(25)24(14-13-23(2)3)21-22-18-7-5-6-8-19(18)28-21;/h5-12H,4,13-15H2,1-3H3;1H. The Morgan fingerprint density at radius 3 is 2.28 bits per heavy atom. The first-order chi connectivity index (χ1) is 13.6. The molecule has 1 amide bonds. The number of benzene rings is 2. The summed E-state index contributed by atoms with van der Waals surface area (Å²) in [7, 11) is 3.97. The summed E-state index contributed by atoms with van der Waals surface area (Å²) in [6.45, 7) is 3.80. The Kier molecular flexibility index (Phi) is 8.70. The molecular weight excluding hydrogens is 410 g/mol. The van der Waals surface area contributed by atoms with Gasteiger partial charge in [0.05, 0.1) is 16.8 Å². The first-order valence-electron chi connectivity index (χ1n) is 9.23.